The molecule has 1 aliphatic rings. The number of aryl methyl sites for hydroxylation is 2. The summed E-state index contributed by atoms with van der Waals surface area (Å²) in [6, 6.07) is 0. The Bertz CT molecular complexity index is 414. The first-order valence-electron chi connectivity index (χ1n) is 7.31. The molecule has 0 aliphatic heterocycles. The average molecular weight is 264 g/mol. The molecule has 0 spiro atoms. The maximum atomic E-state index is 12.6. The molecule has 1 aromatic heterocycles. The molecule has 0 unspecified atom stereocenters. The van der Waals surface area contributed by atoms with Gasteiger partial charge < -0.3 is 9.30 Å². The van der Waals surface area contributed by atoms with Crippen LogP contribution >= 0.6 is 0 Å². The van der Waals surface area contributed by atoms with Crippen LogP contribution in [0.3, 0.4) is 0 Å². The summed E-state index contributed by atoms with van der Waals surface area (Å²) in [6.45, 7) is 2.59. The summed E-state index contributed by atoms with van der Waals surface area (Å²) in [7, 11) is 1.96. The van der Waals surface area contributed by atoms with E-state index in [2.05, 4.69) is 4.98 Å². The van der Waals surface area contributed by atoms with E-state index >= 15 is 0 Å². The number of carbonyl (C=O) groups excluding carboxylic acids is 1. The van der Waals surface area contributed by atoms with Gasteiger partial charge >= 0.3 is 0 Å². The monoisotopic (exact) mass is 264 g/mol. The number of ketones is 1. The van der Waals surface area contributed by atoms with Gasteiger partial charge in [0.25, 0.3) is 0 Å². The lowest BCUT2D eigenvalue weighted by Crippen LogP contribution is -2.43. The van der Waals surface area contributed by atoms with Gasteiger partial charge in [-0.3, -0.25) is 4.79 Å². The van der Waals surface area contributed by atoms with E-state index in [1.807, 2.05) is 24.7 Å². The predicted molar refractivity (Wildman–Crippen MR) is 74.0 cm³/mol. The summed E-state index contributed by atoms with van der Waals surface area (Å²) >= 11 is 0. The highest BCUT2D eigenvalue weighted by molar-refractivity contribution is 5.87. The summed E-state index contributed by atoms with van der Waals surface area (Å²) in [6.07, 6.45) is 10.1. The fourth-order valence-electron chi connectivity index (χ4n) is 2.99. The Labute approximate surface area is 115 Å². The molecule has 1 heterocycles. The zero-order valence-electron chi connectivity index (χ0n) is 12.0. The second-order valence-electron chi connectivity index (χ2n) is 5.37. The third-order valence-electron chi connectivity index (χ3n) is 4.09. The molecule has 19 heavy (non-hydrogen) atoms. The van der Waals surface area contributed by atoms with Gasteiger partial charge in [-0.2, -0.15) is 0 Å². The lowest BCUT2D eigenvalue weighted by molar-refractivity contribution is -0.149. The van der Waals surface area contributed by atoms with Gasteiger partial charge in [-0.1, -0.05) is 19.3 Å². The molecule has 1 aliphatic carbocycles. The van der Waals surface area contributed by atoms with Crippen molar-refractivity contribution in [1.82, 2.24) is 9.55 Å². The van der Waals surface area contributed by atoms with E-state index in [9.17, 15) is 4.79 Å². The highest BCUT2D eigenvalue weighted by Crippen LogP contribution is 2.33. The first kappa shape index (κ1) is 14.3. The van der Waals surface area contributed by atoms with Crippen molar-refractivity contribution in [3.8, 4) is 0 Å². The molecule has 4 nitrogen and oxygen atoms in total. The van der Waals surface area contributed by atoms with Crippen molar-refractivity contribution >= 4 is 5.78 Å². The number of carbonyl (C=O) groups is 1. The first-order chi connectivity index (χ1) is 9.18. The van der Waals surface area contributed by atoms with E-state index in [1.54, 1.807) is 6.20 Å². The fraction of sp³-hybridized carbons (Fsp3) is 0.733. The van der Waals surface area contributed by atoms with Crippen molar-refractivity contribution in [3.63, 3.8) is 0 Å². The van der Waals surface area contributed by atoms with Crippen LogP contribution in [0.1, 0.15) is 51.3 Å². The maximum Gasteiger partial charge on any atom is 0.165 e. The fourth-order valence-corrected chi connectivity index (χ4v) is 2.99. The van der Waals surface area contributed by atoms with E-state index in [4.69, 9.17) is 4.74 Å². The van der Waals surface area contributed by atoms with Crippen LogP contribution in [0.25, 0.3) is 0 Å². The number of hydrogen-bond acceptors (Lipinski definition) is 3. The Morgan fingerprint density at radius 1 is 1.42 bits per heavy atom. The van der Waals surface area contributed by atoms with Gasteiger partial charge in [-0.25, -0.2) is 4.98 Å². The van der Waals surface area contributed by atoms with Gasteiger partial charge in [0.1, 0.15) is 11.4 Å². The number of nitrogens with zero attached hydrogens (tertiary/aromatic N) is 2. The van der Waals surface area contributed by atoms with Crippen molar-refractivity contribution in [1.29, 1.82) is 0 Å². The number of hydrogen-bond donors (Lipinski definition) is 0. The molecule has 2 rings (SSSR count). The molecule has 106 valence electrons. The molecule has 0 N–H and O–H groups in total. The van der Waals surface area contributed by atoms with Gasteiger partial charge in [0.2, 0.25) is 0 Å². The number of imidazole rings is 1. The highest BCUT2D eigenvalue weighted by Gasteiger charge is 2.39. The maximum absolute atomic E-state index is 12.6. The van der Waals surface area contributed by atoms with Gasteiger partial charge in [0, 0.05) is 38.9 Å². The first-order valence-corrected chi connectivity index (χ1v) is 7.31. The number of ether oxygens (including phenoxy) is 1. The summed E-state index contributed by atoms with van der Waals surface area (Å²) < 4.78 is 7.83. The van der Waals surface area contributed by atoms with E-state index in [-0.39, 0.29) is 5.78 Å². The summed E-state index contributed by atoms with van der Waals surface area (Å²) in [5.74, 6) is 1.23. The summed E-state index contributed by atoms with van der Waals surface area (Å²) in [5.41, 5.74) is -0.502. The molecule has 1 fully saturated rings. The van der Waals surface area contributed by atoms with Crippen LogP contribution in [0.15, 0.2) is 12.4 Å². The lowest BCUT2D eigenvalue weighted by atomic mass is 9.80. The van der Waals surface area contributed by atoms with Crippen molar-refractivity contribution in [2.24, 2.45) is 7.05 Å². The normalized spacial score (nSPS) is 18.4. The topological polar surface area (TPSA) is 44.1 Å². The molecular weight excluding hydrogens is 240 g/mol. The Hall–Kier alpha value is -1.16. The zero-order valence-corrected chi connectivity index (χ0v) is 12.0. The third kappa shape index (κ3) is 3.24. The lowest BCUT2D eigenvalue weighted by Gasteiger charge is -2.35. The Morgan fingerprint density at radius 3 is 2.74 bits per heavy atom. The van der Waals surface area contributed by atoms with Crippen LogP contribution in [0.2, 0.25) is 0 Å². The molecule has 0 atom stereocenters. The number of rotatable bonds is 6. The average Bonchev–Trinajstić information content (AvgIpc) is 2.83. The second kappa shape index (κ2) is 6.33. The molecule has 0 radical (unpaired) electrons. The molecule has 4 heteroatoms. The van der Waals surface area contributed by atoms with E-state index in [0.29, 0.717) is 19.4 Å². The minimum absolute atomic E-state index is 0.261. The zero-order chi connectivity index (χ0) is 13.7. The van der Waals surface area contributed by atoms with Crippen LogP contribution in [0, 0.1) is 0 Å². The van der Waals surface area contributed by atoms with Crippen LogP contribution < -0.4 is 0 Å². The van der Waals surface area contributed by atoms with E-state index in [0.717, 1.165) is 31.5 Å². The predicted octanol–water partition coefficient (Wildman–Crippen LogP) is 2.66. The summed E-state index contributed by atoms with van der Waals surface area (Å²) in [4.78, 5) is 16.8. The third-order valence-corrected chi connectivity index (χ3v) is 4.09. The van der Waals surface area contributed by atoms with Crippen LogP contribution in [0.4, 0.5) is 0 Å². The van der Waals surface area contributed by atoms with Gasteiger partial charge in [-0.15, -0.1) is 0 Å². The smallest absolute Gasteiger partial charge is 0.165 e. The van der Waals surface area contributed by atoms with E-state index < -0.39 is 5.60 Å². The molecule has 1 aromatic rings. The molecule has 1 saturated carbocycles. The Balaban J connectivity index is 1.97. The van der Waals surface area contributed by atoms with Crippen molar-refractivity contribution in [2.45, 2.75) is 57.5 Å². The van der Waals surface area contributed by atoms with Gasteiger partial charge in [0.05, 0.1) is 0 Å². The number of aromatic nitrogens is 2. The second-order valence-corrected chi connectivity index (χ2v) is 5.37. The quantitative estimate of drug-likeness (QED) is 0.793. The standard InChI is InChI=1S/C15H24N2O2/c1-3-19-15(9-5-4-6-10-15)13(18)7-8-14-16-11-12-17(14)2/h11-12H,3-10H2,1-2H3. The molecule has 0 aromatic carbocycles. The Kier molecular flexibility index (Phi) is 4.75. The summed E-state index contributed by atoms with van der Waals surface area (Å²) in [5, 5.41) is 0. The van der Waals surface area contributed by atoms with Crippen LogP contribution in [-0.2, 0) is 23.0 Å². The van der Waals surface area contributed by atoms with Crippen LogP contribution in [-0.4, -0.2) is 27.5 Å². The molecular formula is C15H24N2O2. The van der Waals surface area contributed by atoms with Crippen molar-refractivity contribution in [2.75, 3.05) is 6.61 Å². The van der Waals surface area contributed by atoms with E-state index in [1.165, 1.54) is 6.42 Å². The SMILES string of the molecule is CCOC1(C(=O)CCc2nccn2C)CCCCC1. The van der Waals surface area contributed by atoms with Crippen molar-refractivity contribution in [3.05, 3.63) is 18.2 Å². The number of Topliss-reactive ketones (excluding diaryl/α,β-unsaturated/α-hetero) is 1. The minimum atomic E-state index is -0.502. The van der Waals surface area contributed by atoms with Gasteiger partial charge in [-0.05, 0) is 19.8 Å². The highest BCUT2D eigenvalue weighted by atomic mass is 16.5. The Morgan fingerprint density at radius 2 is 2.16 bits per heavy atom. The molecule has 0 saturated heterocycles. The van der Waals surface area contributed by atoms with Crippen LogP contribution in [0.5, 0.6) is 0 Å². The largest absolute Gasteiger partial charge is 0.368 e. The molecule has 0 bridgehead atoms. The minimum Gasteiger partial charge on any atom is -0.368 e. The van der Waals surface area contributed by atoms with Gasteiger partial charge in [0.15, 0.2) is 5.78 Å². The van der Waals surface area contributed by atoms with Crippen molar-refractivity contribution < 1.29 is 9.53 Å². The molecule has 0 amide bonds.